The topological polar surface area (TPSA) is 34.1 Å². The summed E-state index contributed by atoms with van der Waals surface area (Å²) in [6.07, 6.45) is 5.68. The lowest BCUT2D eigenvalue weighted by Gasteiger charge is -2.35. The van der Waals surface area contributed by atoms with Crippen molar-refractivity contribution in [2.45, 2.75) is 29.4 Å². The third-order valence-corrected chi connectivity index (χ3v) is 7.44. The highest BCUT2D eigenvalue weighted by Gasteiger charge is 2.58. The molecular weight excluding hydrogens is 256 g/mol. The molecule has 0 heterocycles. The van der Waals surface area contributed by atoms with Gasteiger partial charge < -0.3 is 0 Å². The van der Waals surface area contributed by atoms with Crippen molar-refractivity contribution in [3.63, 3.8) is 0 Å². The summed E-state index contributed by atoms with van der Waals surface area (Å²) in [6.45, 7) is 6.08. The molecule has 1 fully saturated rings. The van der Waals surface area contributed by atoms with Crippen LogP contribution >= 0.6 is 0 Å². The summed E-state index contributed by atoms with van der Waals surface area (Å²) in [7, 11) is -3.38. The predicted molar refractivity (Wildman–Crippen MR) is 76.5 cm³/mol. The maximum atomic E-state index is 13.1. The lowest BCUT2D eigenvalue weighted by Crippen LogP contribution is -2.43. The molecule has 0 aromatic heterocycles. The van der Waals surface area contributed by atoms with E-state index in [1.165, 1.54) is 0 Å². The fraction of sp³-hybridized carbons (Fsp3) is 0.375. The van der Waals surface area contributed by atoms with Crippen LogP contribution in [0.15, 0.2) is 59.5 Å². The molecule has 3 atom stereocenters. The Morgan fingerprint density at radius 1 is 1.26 bits per heavy atom. The zero-order chi connectivity index (χ0) is 13.7. The molecule has 0 N–H and O–H groups in total. The maximum Gasteiger partial charge on any atom is 0.188 e. The largest absolute Gasteiger partial charge is 0.223 e. The van der Waals surface area contributed by atoms with Gasteiger partial charge in [-0.05, 0) is 36.5 Å². The Morgan fingerprint density at radius 3 is 2.47 bits per heavy atom. The Bertz CT molecular complexity index is 643. The molecule has 2 nitrogen and oxygen atoms in total. The van der Waals surface area contributed by atoms with Crippen molar-refractivity contribution in [3.05, 3.63) is 54.6 Å². The molecule has 2 aliphatic carbocycles. The van der Waals surface area contributed by atoms with Gasteiger partial charge in [-0.1, -0.05) is 43.9 Å². The average molecular weight is 274 g/mol. The standard InChI is InChI=1S/C16H18O2S/c1-3-16(12(2)13-9-10-14(16)11-13)19(17,18)15-7-5-4-6-8-15/h4-10,13-14H,2-3,11H2,1H3/t13-,14+,16-/m1/s1. The first-order chi connectivity index (χ1) is 9.04. The first-order valence-electron chi connectivity index (χ1n) is 6.71. The van der Waals surface area contributed by atoms with Gasteiger partial charge in [0.25, 0.3) is 0 Å². The van der Waals surface area contributed by atoms with Crippen LogP contribution in [-0.2, 0) is 9.84 Å². The quantitative estimate of drug-likeness (QED) is 0.792. The molecule has 0 spiro atoms. The fourth-order valence-corrected chi connectivity index (χ4v) is 6.10. The van der Waals surface area contributed by atoms with Crippen LogP contribution in [0.4, 0.5) is 0 Å². The third-order valence-electron chi connectivity index (χ3n) is 4.73. The van der Waals surface area contributed by atoms with E-state index in [2.05, 4.69) is 18.7 Å². The maximum absolute atomic E-state index is 13.1. The highest BCUT2D eigenvalue weighted by atomic mass is 32.2. The SMILES string of the molecule is C=C1[C@@H]2C=C[C@@H](C2)[C@]1(CC)S(=O)(=O)c1ccccc1. The molecular formula is C16H18O2S. The van der Waals surface area contributed by atoms with Crippen molar-refractivity contribution in [2.75, 3.05) is 0 Å². The lowest BCUT2D eigenvalue weighted by molar-refractivity contribution is 0.482. The number of hydrogen-bond donors (Lipinski definition) is 0. The van der Waals surface area contributed by atoms with Crippen LogP contribution in [0.3, 0.4) is 0 Å². The number of allylic oxidation sites excluding steroid dienone is 2. The molecule has 0 radical (unpaired) electrons. The molecule has 0 saturated heterocycles. The molecule has 0 aliphatic heterocycles. The molecule has 100 valence electrons. The van der Waals surface area contributed by atoms with Crippen molar-refractivity contribution in [1.82, 2.24) is 0 Å². The van der Waals surface area contributed by atoms with E-state index in [1.54, 1.807) is 24.3 Å². The molecule has 1 aromatic carbocycles. The van der Waals surface area contributed by atoms with Gasteiger partial charge in [0.2, 0.25) is 0 Å². The van der Waals surface area contributed by atoms with Crippen molar-refractivity contribution in [1.29, 1.82) is 0 Å². The highest BCUT2D eigenvalue weighted by Crippen LogP contribution is 2.56. The van der Waals surface area contributed by atoms with Crippen LogP contribution in [0.25, 0.3) is 0 Å². The minimum Gasteiger partial charge on any atom is -0.223 e. The summed E-state index contributed by atoms with van der Waals surface area (Å²) in [4.78, 5) is 0.416. The molecule has 3 heteroatoms. The number of hydrogen-bond acceptors (Lipinski definition) is 2. The summed E-state index contributed by atoms with van der Waals surface area (Å²) < 4.78 is 25.4. The summed E-state index contributed by atoms with van der Waals surface area (Å²) >= 11 is 0. The second kappa shape index (κ2) is 4.07. The zero-order valence-electron chi connectivity index (χ0n) is 11.0. The molecule has 0 amide bonds. The summed E-state index contributed by atoms with van der Waals surface area (Å²) in [5.41, 5.74) is 0.881. The lowest BCUT2D eigenvalue weighted by atomic mass is 9.86. The Kier molecular flexibility index (Phi) is 2.72. The van der Waals surface area contributed by atoms with Gasteiger partial charge >= 0.3 is 0 Å². The van der Waals surface area contributed by atoms with E-state index in [-0.39, 0.29) is 11.8 Å². The Hall–Kier alpha value is -1.35. The average Bonchev–Trinajstić information content (AvgIpc) is 3.00. The normalized spacial score (nSPS) is 33.0. The summed E-state index contributed by atoms with van der Waals surface area (Å²) in [5, 5.41) is 0. The molecule has 2 bridgehead atoms. The number of fused-ring (bicyclic) bond motifs is 2. The molecule has 1 aromatic rings. The molecule has 19 heavy (non-hydrogen) atoms. The second-order valence-corrected chi connectivity index (χ2v) is 7.63. The number of rotatable bonds is 3. The summed E-state index contributed by atoms with van der Waals surface area (Å²) in [6, 6.07) is 8.78. The van der Waals surface area contributed by atoms with Crippen molar-refractivity contribution >= 4 is 9.84 Å². The van der Waals surface area contributed by atoms with Crippen molar-refractivity contribution in [3.8, 4) is 0 Å². The number of benzene rings is 1. The predicted octanol–water partition coefficient (Wildman–Crippen LogP) is 3.37. The zero-order valence-corrected chi connectivity index (χ0v) is 11.9. The molecule has 3 rings (SSSR count). The van der Waals surface area contributed by atoms with Crippen LogP contribution in [0.5, 0.6) is 0 Å². The first kappa shape index (κ1) is 12.7. The second-order valence-electron chi connectivity index (χ2n) is 5.42. The molecule has 2 aliphatic rings. The van der Waals surface area contributed by atoms with Crippen molar-refractivity contribution in [2.24, 2.45) is 11.8 Å². The van der Waals surface area contributed by atoms with E-state index in [1.807, 2.05) is 13.0 Å². The van der Waals surface area contributed by atoms with Crippen LogP contribution in [0.1, 0.15) is 19.8 Å². The Morgan fingerprint density at radius 2 is 1.95 bits per heavy atom. The van der Waals surface area contributed by atoms with Crippen LogP contribution in [-0.4, -0.2) is 13.2 Å². The van der Waals surface area contributed by atoms with E-state index >= 15 is 0 Å². The molecule has 1 saturated carbocycles. The van der Waals surface area contributed by atoms with Gasteiger partial charge in [-0.3, -0.25) is 0 Å². The van der Waals surface area contributed by atoms with Crippen molar-refractivity contribution < 1.29 is 8.42 Å². The molecule has 0 unspecified atom stereocenters. The Balaban J connectivity index is 2.19. The van der Waals surface area contributed by atoms with Gasteiger partial charge in [0.05, 0.1) is 4.90 Å². The van der Waals surface area contributed by atoms with E-state index in [4.69, 9.17) is 0 Å². The Labute approximate surface area is 114 Å². The van der Waals surface area contributed by atoms with Crippen LogP contribution < -0.4 is 0 Å². The smallest absolute Gasteiger partial charge is 0.188 e. The van der Waals surface area contributed by atoms with Crippen LogP contribution in [0, 0.1) is 11.8 Å². The van der Waals surface area contributed by atoms with Gasteiger partial charge in [-0.15, -0.1) is 0 Å². The number of sulfone groups is 1. The van der Waals surface area contributed by atoms with Gasteiger partial charge in [0, 0.05) is 5.92 Å². The monoisotopic (exact) mass is 274 g/mol. The van der Waals surface area contributed by atoms with E-state index in [0.29, 0.717) is 11.3 Å². The summed E-state index contributed by atoms with van der Waals surface area (Å²) in [5.74, 6) is 0.323. The van der Waals surface area contributed by atoms with E-state index < -0.39 is 14.6 Å². The first-order valence-corrected chi connectivity index (χ1v) is 8.19. The van der Waals surface area contributed by atoms with Gasteiger partial charge in [0.1, 0.15) is 4.75 Å². The van der Waals surface area contributed by atoms with E-state index in [9.17, 15) is 8.42 Å². The minimum absolute atomic E-state index is 0.0835. The van der Waals surface area contributed by atoms with Crippen LogP contribution in [0.2, 0.25) is 0 Å². The van der Waals surface area contributed by atoms with Gasteiger partial charge in [0.15, 0.2) is 9.84 Å². The minimum atomic E-state index is -3.38. The third kappa shape index (κ3) is 1.45. The van der Waals surface area contributed by atoms with Gasteiger partial charge in [-0.2, -0.15) is 0 Å². The van der Waals surface area contributed by atoms with Gasteiger partial charge in [-0.25, -0.2) is 8.42 Å². The fourth-order valence-electron chi connectivity index (χ4n) is 3.72. The van der Waals surface area contributed by atoms with E-state index in [0.717, 1.165) is 12.0 Å². The highest BCUT2D eigenvalue weighted by molar-refractivity contribution is 7.93.